The summed E-state index contributed by atoms with van der Waals surface area (Å²) in [5, 5.41) is 78.5. The number of aromatic amines is 1. The third kappa shape index (κ3) is 33.3. The smallest absolute Gasteiger partial charge is 0.335 e. The molecule has 44 heteroatoms. The Bertz CT molecular complexity index is 3910. The number of benzene rings is 1. The van der Waals surface area contributed by atoms with Crippen molar-refractivity contribution in [1.29, 1.82) is 0 Å². The molecule has 118 heavy (non-hydrogen) atoms. The number of nitrogens with two attached hydrogens (primary N) is 3. The van der Waals surface area contributed by atoms with E-state index >= 15 is 4.79 Å². The maximum Gasteiger partial charge on any atom is 0.335 e. The Morgan fingerprint density at radius 1 is 0.619 bits per heavy atom. The summed E-state index contributed by atoms with van der Waals surface area (Å²) in [6.45, 7) is 7.81. The van der Waals surface area contributed by atoms with E-state index in [1.54, 1.807) is 30.5 Å². The number of likely N-dealkylation sites (N-methyl/N-ethyl adjacent to an activating group) is 1. The summed E-state index contributed by atoms with van der Waals surface area (Å²) in [6, 6.07) is -15.7. The number of H-pyrrole nitrogens is 1. The van der Waals surface area contributed by atoms with Crippen LogP contribution in [0.5, 0.6) is 0 Å². The number of aliphatic carboxylic acids is 4. The SMILES string of the molecule is CCC(C)CCCCCCC(=O)N[C@@H](Cc1c[nH]c2ccccc12)C(=O)N[C@H](CCC(=O)O)C(=O)N[C@H](C(=O)N[C@@H]1C(=O)N(C)CC(=O)N[C@@H](C)C(=O)N[C@@H](CC(=O)O)C(=O)N[C@H](CCCCN)C(=O)N[C@@H](C(OC)C(=O)O)C(=O)NCC(=O)N[C@H](CC(N)=O)C(=O)N[C@@H](C(C)CC(=O)O)C(=O)N[C@@H]([C@@H](C)CC)C(=O)O[C@@H]1C)C(O)C(N)=O. The van der Waals surface area contributed by atoms with Crippen LogP contribution in [0.3, 0.4) is 0 Å². The molecule has 44 nitrogen and oxygen atoms in total. The molecule has 0 radical (unpaired) electrons. The summed E-state index contributed by atoms with van der Waals surface area (Å²) < 4.78 is 10.8. The number of aromatic nitrogens is 1. The number of amides is 15. The molecular weight excluding hydrogens is 1560 g/mol. The second-order valence-electron chi connectivity index (χ2n) is 29.0. The number of esters is 1. The number of unbranched alkanes of at least 4 members (excludes halogenated alkanes) is 4. The van der Waals surface area contributed by atoms with Crippen LogP contribution in [-0.2, 0) is 112 Å². The molecule has 656 valence electrons. The summed E-state index contributed by atoms with van der Waals surface area (Å²) in [7, 11) is 1.70. The molecule has 0 saturated carbocycles. The van der Waals surface area contributed by atoms with E-state index < -0.39 is 260 Å². The van der Waals surface area contributed by atoms with Crippen LogP contribution in [0.4, 0.5) is 0 Å². The van der Waals surface area contributed by atoms with Crippen LogP contribution in [0, 0.1) is 17.8 Å². The summed E-state index contributed by atoms with van der Waals surface area (Å²) in [5.74, 6) is -30.5. The highest BCUT2D eigenvalue weighted by molar-refractivity contribution is 6.03. The molecule has 0 spiro atoms. The minimum absolute atomic E-state index is 0.00432. The maximum atomic E-state index is 15.0. The van der Waals surface area contributed by atoms with Crippen molar-refractivity contribution in [2.45, 2.75) is 242 Å². The third-order valence-electron chi connectivity index (χ3n) is 19.5. The predicted molar refractivity (Wildman–Crippen MR) is 413 cm³/mol. The van der Waals surface area contributed by atoms with E-state index in [9.17, 15) is 117 Å². The molecule has 15 amide bonds. The van der Waals surface area contributed by atoms with Crippen LogP contribution in [0.2, 0.25) is 0 Å². The normalized spacial score (nSPS) is 22.2. The van der Waals surface area contributed by atoms with E-state index in [0.717, 1.165) is 60.6 Å². The second-order valence-corrected chi connectivity index (χ2v) is 29.0. The summed E-state index contributed by atoms with van der Waals surface area (Å²) in [4.78, 5) is 278. The molecule has 0 bridgehead atoms. The number of carbonyl (C=O) groups is 20. The number of cyclic esters (lactones) is 1. The quantitative estimate of drug-likeness (QED) is 0.0220. The van der Waals surface area contributed by atoms with Crippen LogP contribution >= 0.6 is 0 Å². The lowest BCUT2D eigenvalue weighted by atomic mass is 9.94. The number of fused-ring (bicyclic) bond motifs is 1. The van der Waals surface area contributed by atoms with Crippen molar-refractivity contribution in [3.8, 4) is 0 Å². The average molecular weight is 1670 g/mol. The molecule has 2 aromatic rings. The van der Waals surface area contributed by atoms with Gasteiger partial charge in [-0.25, -0.2) is 9.59 Å². The molecule has 17 atom stereocenters. The molecule has 24 N–H and O–H groups in total. The zero-order valence-corrected chi connectivity index (χ0v) is 67.2. The number of para-hydroxylation sites is 1. The molecule has 4 unspecified atom stereocenters. The summed E-state index contributed by atoms with van der Waals surface area (Å²) in [5.41, 5.74) is 17.8. The first-order chi connectivity index (χ1) is 55.5. The fraction of sp³-hybridized carbons (Fsp3) is 0.622. The zero-order chi connectivity index (χ0) is 89.0. The fourth-order valence-corrected chi connectivity index (χ4v) is 12.3. The van der Waals surface area contributed by atoms with Gasteiger partial charge in [-0.3, -0.25) is 86.3 Å². The largest absolute Gasteiger partial charge is 0.481 e. The number of nitrogens with one attached hydrogen (secondary N) is 13. The average Bonchev–Trinajstić information content (AvgIpc) is 1.72. The van der Waals surface area contributed by atoms with Gasteiger partial charge in [0.1, 0.15) is 72.6 Å². The van der Waals surface area contributed by atoms with Gasteiger partial charge in [-0.05, 0) is 81.9 Å². The van der Waals surface area contributed by atoms with Crippen LogP contribution in [0.1, 0.15) is 157 Å². The maximum absolute atomic E-state index is 15.0. The van der Waals surface area contributed by atoms with Crippen molar-refractivity contribution >= 4 is 129 Å². The first-order valence-electron chi connectivity index (χ1n) is 38.4. The Morgan fingerprint density at radius 3 is 1.83 bits per heavy atom. The lowest BCUT2D eigenvalue weighted by molar-refractivity contribution is -0.159. The zero-order valence-electron chi connectivity index (χ0n) is 67.2. The van der Waals surface area contributed by atoms with Gasteiger partial charge >= 0.3 is 29.8 Å². The number of carboxylic acid groups (broad SMARTS) is 4. The van der Waals surface area contributed by atoms with Crippen LogP contribution in [0.25, 0.3) is 10.9 Å². The molecule has 1 aliphatic heterocycles. The van der Waals surface area contributed by atoms with Crippen molar-refractivity contribution in [3.05, 3.63) is 36.0 Å². The minimum atomic E-state index is -2.80. The van der Waals surface area contributed by atoms with Crippen molar-refractivity contribution < 1.29 is 131 Å². The number of carbonyl (C=O) groups excluding carboxylic acids is 16. The Balaban J connectivity index is 2.30. The van der Waals surface area contributed by atoms with Gasteiger partial charge in [-0.15, -0.1) is 0 Å². The molecule has 3 rings (SSSR count). The number of nitrogens with zero attached hydrogens (tertiary/aromatic N) is 1. The van der Waals surface area contributed by atoms with Crippen molar-refractivity contribution in [2.24, 2.45) is 35.0 Å². The number of rotatable bonds is 38. The monoisotopic (exact) mass is 1670 g/mol. The Labute approximate surface area is 678 Å². The number of ether oxygens (including phenoxy) is 2. The van der Waals surface area contributed by atoms with Crippen molar-refractivity contribution in [2.75, 3.05) is 33.8 Å². The molecule has 1 aromatic carbocycles. The van der Waals surface area contributed by atoms with Crippen molar-refractivity contribution in [1.82, 2.24) is 73.7 Å². The third-order valence-corrected chi connectivity index (χ3v) is 19.5. The van der Waals surface area contributed by atoms with Gasteiger partial charge in [0.15, 0.2) is 12.2 Å². The molecule has 1 aliphatic rings. The van der Waals surface area contributed by atoms with Gasteiger partial charge in [0.05, 0.1) is 32.4 Å². The highest BCUT2D eigenvalue weighted by Gasteiger charge is 2.44. The summed E-state index contributed by atoms with van der Waals surface area (Å²) in [6.07, 6.45) is -6.14. The number of carboxylic acids is 4. The standard InChI is InChI=1S/C74H113N17O27/c1-10-35(3)20-14-12-13-15-24-49(93)81-45(29-40-32-78-42-22-17-16-21-41(40)42)66(107)84-44(25-26-52(96)97)65(106)89-58(60(102)62(77)103)71(112)88-57-39(7)118-74(116)56(36(4)11-2)87-70(111)55(37(5)28-53(98)99)86-68(109)46(30-48(76)92)82-50(94)33-79-69(110)59(61(117-9)73(114)115)90-64(105)43(23-18-19-27-75)83-67(108)47(31-54(100)101)85-63(104)38(6)80-51(95)34-91(8)72(57)113/h16-17,21-22,32,35-39,43-47,55-61,78,102H,10-15,18-20,23-31,33-34,75H2,1-9H3,(H2,76,92)(H2,77,103)(H,79,110)(H,80,95)(H,81,93)(H,82,94)(H,83,108)(H,84,107)(H,85,104)(H,86,109)(H,87,111)(H,88,112)(H,89,106)(H,90,105)(H,96,97)(H,98,99)(H,100,101)(H,114,115)/t35?,36-,37?,38-,39+,43+,44+,45-,46+,47-,55-,56-,57-,58-,59-,60?,61?/m0/s1. The van der Waals surface area contributed by atoms with E-state index in [4.69, 9.17) is 26.7 Å². The lowest BCUT2D eigenvalue weighted by Crippen LogP contribution is -2.64. The molecule has 1 saturated heterocycles. The number of aliphatic hydroxyl groups excluding tert-OH is 1. The first-order valence-corrected chi connectivity index (χ1v) is 38.4. The van der Waals surface area contributed by atoms with Gasteiger partial charge in [-0.2, -0.15) is 0 Å². The lowest BCUT2D eigenvalue weighted by Gasteiger charge is -2.33. The molecular formula is C74H113N17O27. The topological polar surface area (TPSA) is 702 Å². The van der Waals surface area contributed by atoms with Crippen LogP contribution in [0.15, 0.2) is 30.5 Å². The van der Waals surface area contributed by atoms with E-state index in [0.29, 0.717) is 40.1 Å². The fourth-order valence-electron chi connectivity index (χ4n) is 12.3. The number of aliphatic hydroxyl groups is 1. The Hall–Kier alpha value is -12.0. The van der Waals surface area contributed by atoms with Gasteiger partial charge in [-0.1, -0.05) is 91.3 Å². The van der Waals surface area contributed by atoms with E-state index in [2.05, 4.69) is 72.0 Å². The minimum Gasteiger partial charge on any atom is -0.481 e. The first kappa shape index (κ1) is 100. The highest BCUT2D eigenvalue weighted by Crippen LogP contribution is 2.22. The predicted octanol–water partition coefficient (Wildman–Crippen LogP) is -5.58. The van der Waals surface area contributed by atoms with E-state index in [-0.39, 0.29) is 45.1 Å². The Kier molecular flexibility index (Phi) is 42.3. The van der Waals surface area contributed by atoms with Crippen LogP contribution < -0.4 is 81.0 Å². The Morgan fingerprint density at radius 2 is 1.23 bits per heavy atom. The van der Waals surface area contributed by atoms with Gasteiger partial charge < -0.3 is 126 Å². The highest BCUT2D eigenvalue weighted by atomic mass is 16.5. The number of primary amides is 2. The van der Waals surface area contributed by atoms with E-state index in [1.165, 1.54) is 13.8 Å². The molecule has 2 heterocycles. The van der Waals surface area contributed by atoms with E-state index in [1.807, 2.05) is 10.6 Å². The number of hydrogen-bond acceptors (Lipinski definition) is 24. The van der Waals surface area contributed by atoms with Crippen LogP contribution in [-0.4, -0.2) is 272 Å². The van der Waals surface area contributed by atoms with Gasteiger partial charge in [0.25, 0.3) is 0 Å². The number of hydrogen-bond donors (Lipinski definition) is 21. The second kappa shape index (κ2) is 49.8. The number of methoxy groups -OCH3 is 1. The molecule has 1 fully saturated rings. The van der Waals surface area contributed by atoms with Crippen molar-refractivity contribution in [3.63, 3.8) is 0 Å². The van der Waals surface area contributed by atoms with Gasteiger partial charge in [0.2, 0.25) is 88.6 Å². The molecule has 1 aromatic heterocycles. The summed E-state index contributed by atoms with van der Waals surface area (Å²) >= 11 is 0. The molecule has 0 aliphatic carbocycles. The van der Waals surface area contributed by atoms with Gasteiger partial charge in [0, 0.05) is 50.5 Å².